The van der Waals surface area contributed by atoms with Crippen LogP contribution in [0.2, 0.25) is 0 Å². The summed E-state index contributed by atoms with van der Waals surface area (Å²) >= 11 is 0. The number of carboxylic acids is 1. The average molecular weight is 560 g/mol. The summed E-state index contributed by atoms with van der Waals surface area (Å²) in [6, 6.07) is 7.87. The van der Waals surface area contributed by atoms with E-state index < -0.39 is 29.3 Å². The van der Waals surface area contributed by atoms with Crippen LogP contribution in [-0.2, 0) is 6.54 Å². The third kappa shape index (κ3) is 4.80. The zero-order chi connectivity index (χ0) is 28.4. The molecule has 0 unspecified atom stereocenters. The van der Waals surface area contributed by atoms with E-state index in [1.54, 1.807) is 13.2 Å². The molecule has 2 saturated carbocycles. The molecule has 214 valence electrons. The van der Waals surface area contributed by atoms with Crippen molar-refractivity contribution in [1.29, 1.82) is 0 Å². The fourth-order valence-electron chi connectivity index (χ4n) is 7.11. The Kier molecular flexibility index (Phi) is 6.32. The second kappa shape index (κ2) is 9.39. The topological polar surface area (TPSA) is 77.6 Å². The van der Waals surface area contributed by atoms with Gasteiger partial charge in [-0.1, -0.05) is 6.07 Å². The lowest BCUT2D eigenvalue weighted by molar-refractivity contribution is -0.186. The molecule has 2 heterocycles. The van der Waals surface area contributed by atoms with Crippen LogP contribution in [0.1, 0.15) is 71.6 Å². The van der Waals surface area contributed by atoms with Crippen LogP contribution in [0, 0.1) is 12.3 Å². The van der Waals surface area contributed by atoms with E-state index in [-0.39, 0.29) is 37.3 Å². The number of halogens is 4. The van der Waals surface area contributed by atoms with Gasteiger partial charge in [-0.15, -0.1) is 0 Å². The summed E-state index contributed by atoms with van der Waals surface area (Å²) < 4.78 is 61.4. The SMILES string of the molecule is COc1cc(C)c2[nH]ccc2c1CN1CCC2(C[C@H]1c1ccc(C(=O)O)cc1NC1CC(F)(F)C1)CC(F)(F)C2. The molecule has 2 aromatic carbocycles. The molecule has 1 aromatic heterocycles. The average Bonchev–Trinajstić information content (AvgIpc) is 3.35. The van der Waals surface area contributed by atoms with E-state index in [2.05, 4.69) is 15.2 Å². The Labute approximate surface area is 229 Å². The number of ether oxygens (including phenoxy) is 1. The number of fused-ring (bicyclic) bond motifs is 1. The molecule has 0 radical (unpaired) electrons. The number of piperidine rings is 1. The van der Waals surface area contributed by atoms with Crippen molar-refractivity contribution < 1.29 is 32.2 Å². The van der Waals surface area contributed by atoms with Gasteiger partial charge in [0, 0.05) is 72.7 Å². The number of alkyl halides is 4. The quantitative estimate of drug-likeness (QED) is 0.268. The van der Waals surface area contributed by atoms with Gasteiger partial charge in [0.1, 0.15) is 5.75 Å². The Hall–Kier alpha value is -3.27. The molecule has 3 fully saturated rings. The molecular weight excluding hydrogens is 526 g/mol. The van der Waals surface area contributed by atoms with Gasteiger partial charge in [-0.25, -0.2) is 22.4 Å². The van der Waals surface area contributed by atoms with Crippen molar-refractivity contribution in [2.24, 2.45) is 5.41 Å². The molecule has 1 atom stereocenters. The van der Waals surface area contributed by atoms with Crippen LogP contribution in [0.25, 0.3) is 10.9 Å². The third-order valence-corrected chi connectivity index (χ3v) is 9.07. The van der Waals surface area contributed by atoms with Gasteiger partial charge >= 0.3 is 5.97 Å². The number of carboxylic acid groups (broad SMARTS) is 1. The van der Waals surface area contributed by atoms with Crippen molar-refractivity contribution in [1.82, 2.24) is 9.88 Å². The summed E-state index contributed by atoms with van der Waals surface area (Å²) in [7, 11) is 1.62. The maximum absolute atomic E-state index is 14.2. The van der Waals surface area contributed by atoms with Crippen molar-refractivity contribution in [3.8, 4) is 5.75 Å². The number of rotatable bonds is 7. The number of anilines is 1. The van der Waals surface area contributed by atoms with Crippen LogP contribution in [-0.4, -0.2) is 52.5 Å². The van der Waals surface area contributed by atoms with Gasteiger partial charge in [-0.05, 0) is 67.1 Å². The van der Waals surface area contributed by atoms with Gasteiger partial charge in [0.2, 0.25) is 5.92 Å². The number of likely N-dealkylation sites (tertiary alicyclic amines) is 1. The first kappa shape index (κ1) is 26.9. The highest BCUT2D eigenvalue weighted by Crippen LogP contribution is 2.61. The van der Waals surface area contributed by atoms with E-state index >= 15 is 0 Å². The minimum atomic E-state index is -2.75. The van der Waals surface area contributed by atoms with E-state index in [4.69, 9.17) is 4.74 Å². The first-order valence-corrected chi connectivity index (χ1v) is 13.6. The molecule has 3 N–H and O–H groups in total. The highest BCUT2D eigenvalue weighted by atomic mass is 19.3. The maximum Gasteiger partial charge on any atom is 0.335 e. The number of aromatic nitrogens is 1. The normalized spacial score (nSPS) is 23.5. The number of nitrogens with zero attached hydrogens (tertiary/aromatic N) is 1. The molecule has 6 rings (SSSR count). The van der Waals surface area contributed by atoms with Gasteiger partial charge in [-0.3, -0.25) is 4.90 Å². The Morgan fingerprint density at radius 3 is 2.52 bits per heavy atom. The number of carbonyl (C=O) groups is 1. The van der Waals surface area contributed by atoms with Crippen LogP contribution >= 0.6 is 0 Å². The van der Waals surface area contributed by atoms with Gasteiger partial charge in [-0.2, -0.15) is 0 Å². The van der Waals surface area contributed by atoms with Crippen molar-refractivity contribution in [2.75, 3.05) is 19.0 Å². The number of hydrogen-bond acceptors (Lipinski definition) is 4. The number of aromatic amines is 1. The number of aromatic carboxylic acids is 1. The molecule has 0 amide bonds. The number of aryl methyl sites for hydroxylation is 1. The Bertz CT molecular complexity index is 1450. The van der Waals surface area contributed by atoms with E-state index in [1.165, 1.54) is 12.1 Å². The Balaban J connectivity index is 1.40. The molecule has 3 aliphatic rings. The van der Waals surface area contributed by atoms with Crippen LogP contribution in [0.5, 0.6) is 5.75 Å². The number of H-pyrrole nitrogens is 1. The molecule has 1 spiro atoms. The lowest BCUT2D eigenvalue weighted by atomic mass is 9.58. The summed E-state index contributed by atoms with van der Waals surface area (Å²) in [5.41, 5.74) is 3.75. The van der Waals surface area contributed by atoms with Crippen molar-refractivity contribution >= 4 is 22.6 Å². The van der Waals surface area contributed by atoms with Crippen LogP contribution in [0.15, 0.2) is 36.5 Å². The first-order valence-electron chi connectivity index (χ1n) is 13.6. The minimum absolute atomic E-state index is 0.0406. The van der Waals surface area contributed by atoms with E-state index in [0.29, 0.717) is 31.6 Å². The van der Waals surface area contributed by atoms with Crippen LogP contribution < -0.4 is 10.1 Å². The number of hydrogen-bond donors (Lipinski definition) is 3. The smallest absolute Gasteiger partial charge is 0.335 e. The van der Waals surface area contributed by atoms with E-state index in [1.807, 2.05) is 25.3 Å². The van der Waals surface area contributed by atoms with Gasteiger partial charge in [0.05, 0.1) is 12.7 Å². The van der Waals surface area contributed by atoms with Gasteiger partial charge < -0.3 is 20.1 Å². The lowest BCUT2D eigenvalue weighted by Gasteiger charge is -2.55. The summed E-state index contributed by atoms with van der Waals surface area (Å²) in [5, 5.41) is 13.8. The fraction of sp³-hybridized carbons (Fsp3) is 0.500. The molecule has 0 bridgehead atoms. The van der Waals surface area contributed by atoms with Crippen LogP contribution in [0.4, 0.5) is 23.2 Å². The first-order chi connectivity index (χ1) is 18.9. The standard InChI is InChI=1S/C30H33F4N3O3/c1-17-9-25(40-2)22(20-5-7-35-26(17)20)14-37-8-6-28(15-30(33,34)16-28)13-24(37)21-4-3-18(27(38)39)10-23(21)36-19-11-29(31,32)12-19/h3-5,7,9-10,19,24,35-36H,6,8,11-16H2,1-2H3,(H,38,39)/t24-/m0/s1. The summed E-state index contributed by atoms with van der Waals surface area (Å²) in [6.45, 7) is 3.04. The van der Waals surface area contributed by atoms with E-state index in [0.717, 1.165) is 33.3 Å². The monoisotopic (exact) mass is 559 g/mol. The van der Waals surface area contributed by atoms with E-state index in [9.17, 15) is 27.5 Å². The summed E-state index contributed by atoms with van der Waals surface area (Å²) in [6.07, 6.45) is 1.95. The minimum Gasteiger partial charge on any atom is -0.496 e. The summed E-state index contributed by atoms with van der Waals surface area (Å²) in [5.74, 6) is -5.82. The van der Waals surface area contributed by atoms with Gasteiger partial charge in [0.15, 0.2) is 0 Å². The molecule has 10 heteroatoms. The zero-order valence-corrected chi connectivity index (χ0v) is 22.5. The lowest BCUT2D eigenvalue weighted by Crippen LogP contribution is -2.53. The zero-order valence-electron chi connectivity index (χ0n) is 22.5. The summed E-state index contributed by atoms with van der Waals surface area (Å²) in [4.78, 5) is 17.3. The van der Waals surface area contributed by atoms with Crippen LogP contribution in [0.3, 0.4) is 0 Å². The molecule has 1 aliphatic heterocycles. The third-order valence-electron chi connectivity index (χ3n) is 9.07. The molecular formula is C30H33F4N3O3. The Morgan fingerprint density at radius 2 is 1.88 bits per heavy atom. The Morgan fingerprint density at radius 1 is 1.12 bits per heavy atom. The molecule has 1 saturated heterocycles. The highest BCUT2D eigenvalue weighted by molar-refractivity contribution is 5.89. The highest BCUT2D eigenvalue weighted by Gasteiger charge is 2.58. The molecule has 3 aromatic rings. The van der Waals surface area contributed by atoms with Crippen molar-refractivity contribution in [3.63, 3.8) is 0 Å². The predicted octanol–water partition coefficient (Wildman–Crippen LogP) is 7.15. The van der Waals surface area contributed by atoms with Crippen molar-refractivity contribution in [2.45, 2.75) is 75.9 Å². The molecule has 2 aliphatic carbocycles. The second-order valence-electron chi connectivity index (χ2n) is 12.0. The second-order valence-corrected chi connectivity index (χ2v) is 12.0. The molecule has 40 heavy (non-hydrogen) atoms. The van der Waals surface area contributed by atoms with Gasteiger partial charge in [0.25, 0.3) is 5.92 Å². The number of nitrogens with one attached hydrogen (secondary N) is 2. The largest absolute Gasteiger partial charge is 0.496 e. The van der Waals surface area contributed by atoms with Crippen molar-refractivity contribution in [3.05, 3.63) is 58.8 Å². The predicted molar refractivity (Wildman–Crippen MR) is 144 cm³/mol. The number of methoxy groups -OCH3 is 1. The number of benzene rings is 2. The molecule has 6 nitrogen and oxygen atoms in total. The fourth-order valence-corrected chi connectivity index (χ4v) is 7.11. The maximum atomic E-state index is 14.2.